The second-order valence-electron chi connectivity index (χ2n) is 4.83. The van der Waals surface area contributed by atoms with Gasteiger partial charge in [0.1, 0.15) is 11.9 Å². The standard InChI is InChI=1S/C17H10FN3O2/c18-11-5-6-12-13(9-20-15(12)7-11)16(22)17(23)21-14-4-2-1-3-10(14)8-19/h1-7,9,20H,(H,21,23). The van der Waals surface area contributed by atoms with Gasteiger partial charge in [0.2, 0.25) is 0 Å². The van der Waals surface area contributed by atoms with Gasteiger partial charge in [-0.15, -0.1) is 0 Å². The molecule has 0 spiro atoms. The van der Waals surface area contributed by atoms with Gasteiger partial charge in [0.05, 0.1) is 16.8 Å². The van der Waals surface area contributed by atoms with E-state index >= 15 is 0 Å². The zero-order valence-electron chi connectivity index (χ0n) is 11.8. The summed E-state index contributed by atoms with van der Waals surface area (Å²) in [5.41, 5.74) is 1.10. The molecule has 1 amide bonds. The lowest BCUT2D eigenvalue weighted by molar-refractivity contribution is -0.112. The molecule has 2 N–H and O–H groups in total. The fourth-order valence-corrected chi connectivity index (χ4v) is 2.28. The van der Waals surface area contributed by atoms with Gasteiger partial charge in [-0.1, -0.05) is 12.1 Å². The van der Waals surface area contributed by atoms with Gasteiger partial charge in [0.15, 0.2) is 0 Å². The summed E-state index contributed by atoms with van der Waals surface area (Å²) < 4.78 is 13.2. The number of H-pyrrole nitrogens is 1. The Morgan fingerprint density at radius 3 is 2.74 bits per heavy atom. The first-order valence-corrected chi connectivity index (χ1v) is 6.71. The highest BCUT2D eigenvalue weighted by atomic mass is 19.1. The number of fused-ring (bicyclic) bond motifs is 1. The molecule has 0 bridgehead atoms. The van der Waals surface area contributed by atoms with Gasteiger partial charge in [0, 0.05) is 17.1 Å². The number of aromatic amines is 1. The van der Waals surface area contributed by atoms with E-state index in [0.29, 0.717) is 10.9 Å². The van der Waals surface area contributed by atoms with Crippen molar-refractivity contribution in [2.75, 3.05) is 5.32 Å². The molecule has 112 valence electrons. The van der Waals surface area contributed by atoms with Crippen LogP contribution < -0.4 is 5.32 Å². The number of rotatable bonds is 3. The Morgan fingerprint density at radius 1 is 1.17 bits per heavy atom. The third-order valence-electron chi connectivity index (χ3n) is 3.39. The number of para-hydroxylation sites is 1. The highest BCUT2D eigenvalue weighted by molar-refractivity contribution is 6.48. The number of aromatic nitrogens is 1. The quantitative estimate of drug-likeness (QED) is 0.576. The van der Waals surface area contributed by atoms with E-state index in [1.54, 1.807) is 12.1 Å². The van der Waals surface area contributed by atoms with E-state index in [1.165, 1.54) is 36.5 Å². The third kappa shape index (κ3) is 2.68. The van der Waals surface area contributed by atoms with Crippen LogP contribution in [0.2, 0.25) is 0 Å². The number of halogens is 1. The van der Waals surface area contributed by atoms with Crippen LogP contribution in [0.5, 0.6) is 0 Å². The van der Waals surface area contributed by atoms with Crippen LogP contribution in [0.3, 0.4) is 0 Å². The molecule has 0 unspecified atom stereocenters. The Hall–Kier alpha value is -3.46. The van der Waals surface area contributed by atoms with Crippen molar-refractivity contribution in [2.24, 2.45) is 0 Å². The first kappa shape index (κ1) is 14.5. The van der Waals surface area contributed by atoms with Gasteiger partial charge in [-0.2, -0.15) is 5.26 Å². The lowest BCUT2D eigenvalue weighted by Crippen LogP contribution is -2.23. The highest BCUT2D eigenvalue weighted by Gasteiger charge is 2.21. The lowest BCUT2D eigenvalue weighted by atomic mass is 10.1. The Labute approximate surface area is 130 Å². The number of nitriles is 1. The van der Waals surface area contributed by atoms with Crippen LogP contribution in [0.4, 0.5) is 10.1 Å². The van der Waals surface area contributed by atoms with Crippen LogP contribution in [-0.2, 0) is 4.79 Å². The maximum Gasteiger partial charge on any atom is 0.296 e. The molecule has 0 atom stereocenters. The first-order chi connectivity index (χ1) is 11.1. The summed E-state index contributed by atoms with van der Waals surface area (Å²) in [5.74, 6) is -2.07. The minimum absolute atomic E-state index is 0.145. The van der Waals surface area contributed by atoms with Crippen molar-refractivity contribution in [3.05, 3.63) is 65.6 Å². The van der Waals surface area contributed by atoms with Crippen LogP contribution in [0.1, 0.15) is 15.9 Å². The van der Waals surface area contributed by atoms with Crippen LogP contribution in [0.15, 0.2) is 48.7 Å². The van der Waals surface area contributed by atoms with E-state index in [4.69, 9.17) is 5.26 Å². The zero-order valence-corrected chi connectivity index (χ0v) is 11.8. The molecule has 5 nitrogen and oxygen atoms in total. The van der Waals surface area contributed by atoms with E-state index in [2.05, 4.69) is 10.3 Å². The number of amides is 1. The number of carbonyl (C=O) groups excluding carboxylic acids is 2. The minimum Gasteiger partial charge on any atom is -0.360 e. The van der Waals surface area contributed by atoms with Gasteiger partial charge >= 0.3 is 0 Å². The number of ketones is 1. The van der Waals surface area contributed by atoms with Crippen LogP contribution in [-0.4, -0.2) is 16.7 Å². The molecule has 0 fully saturated rings. The molecule has 3 rings (SSSR count). The summed E-state index contributed by atoms with van der Waals surface area (Å²) in [6.45, 7) is 0. The maximum atomic E-state index is 13.2. The van der Waals surface area contributed by atoms with Crippen molar-refractivity contribution >= 4 is 28.3 Å². The lowest BCUT2D eigenvalue weighted by Gasteiger charge is -2.05. The van der Waals surface area contributed by atoms with E-state index in [1.807, 2.05) is 6.07 Å². The Kier molecular flexibility index (Phi) is 3.61. The Balaban J connectivity index is 1.90. The number of nitrogens with one attached hydrogen (secondary N) is 2. The Bertz CT molecular complexity index is 969. The topological polar surface area (TPSA) is 85.8 Å². The first-order valence-electron chi connectivity index (χ1n) is 6.71. The highest BCUT2D eigenvalue weighted by Crippen LogP contribution is 2.21. The molecule has 3 aromatic rings. The minimum atomic E-state index is -0.863. The fourth-order valence-electron chi connectivity index (χ4n) is 2.28. The molecule has 23 heavy (non-hydrogen) atoms. The second kappa shape index (κ2) is 5.73. The van der Waals surface area contributed by atoms with Gasteiger partial charge in [-0.3, -0.25) is 9.59 Å². The molecule has 1 aromatic heterocycles. The van der Waals surface area contributed by atoms with Crippen LogP contribution >= 0.6 is 0 Å². The molecule has 0 aliphatic rings. The smallest absolute Gasteiger partial charge is 0.296 e. The predicted molar refractivity (Wildman–Crippen MR) is 82.4 cm³/mol. The molecule has 0 aliphatic carbocycles. The van der Waals surface area contributed by atoms with Gasteiger partial charge in [-0.05, 0) is 30.3 Å². The van der Waals surface area contributed by atoms with E-state index in [-0.39, 0.29) is 16.8 Å². The molecule has 6 heteroatoms. The number of nitrogens with zero attached hydrogens (tertiary/aromatic N) is 1. The Morgan fingerprint density at radius 2 is 1.96 bits per heavy atom. The monoisotopic (exact) mass is 307 g/mol. The maximum absolute atomic E-state index is 13.2. The molecule has 2 aromatic carbocycles. The number of benzene rings is 2. The zero-order chi connectivity index (χ0) is 16.4. The summed E-state index contributed by atoms with van der Waals surface area (Å²) in [5, 5.41) is 11.9. The number of hydrogen-bond acceptors (Lipinski definition) is 3. The van der Waals surface area contributed by atoms with Crippen molar-refractivity contribution in [2.45, 2.75) is 0 Å². The average Bonchev–Trinajstić information content (AvgIpc) is 2.97. The molecule has 0 radical (unpaired) electrons. The second-order valence-corrected chi connectivity index (χ2v) is 4.83. The van der Waals surface area contributed by atoms with E-state index in [0.717, 1.165) is 0 Å². The van der Waals surface area contributed by atoms with Crippen molar-refractivity contribution < 1.29 is 14.0 Å². The number of anilines is 1. The largest absolute Gasteiger partial charge is 0.360 e. The van der Waals surface area contributed by atoms with Gasteiger partial charge in [0.25, 0.3) is 11.7 Å². The predicted octanol–water partition coefficient (Wildman–Crippen LogP) is 3.00. The molecular weight excluding hydrogens is 297 g/mol. The third-order valence-corrected chi connectivity index (χ3v) is 3.39. The summed E-state index contributed by atoms with van der Waals surface area (Å²) in [4.78, 5) is 27.2. The van der Waals surface area contributed by atoms with E-state index < -0.39 is 17.5 Å². The van der Waals surface area contributed by atoms with Crippen LogP contribution in [0.25, 0.3) is 10.9 Å². The number of hydrogen-bond donors (Lipinski definition) is 2. The molecular formula is C17H10FN3O2. The summed E-state index contributed by atoms with van der Waals surface area (Å²) in [7, 11) is 0. The summed E-state index contributed by atoms with van der Waals surface area (Å²) in [6.07, 6.45) is 1.36. The van der Waals surface area contributed by atoms with Crippen molar-refractivity contribution in [3.8, 4) is 6.07 Å². The molecule has 0 saturated heterocycles. The van der Waals surface area contributed by atoms with E-state index in [9.17, 15) is 14.0 Å². The van der Waals surface area contributed by atoms with Crippen LogP contribution in [0, 0.1) is 17.1 Å². The summed E-state index contributed by atoms with van der Waals surface area (Å²) >= 11 is 0. The molecule has 0 saturated carbocycles. The summed E-state index contributed by atoms with van der Waals surface area (Å²) in [6, 6.07) is 12.2. The number of carbonyl (C=O) groups is 2. The normalized spacial score (nSPS) is 10.3. The molecule has 0 aliphatic heterocycles. The average molecular weight is 307 g/mol. The fraction of sp³-hybridized carbons (Fsp3) is 0. The van der Waals surface area contributed by atoms with Crippen molar-refractivity contribution in [3.63, 3.8) is 0 Å². The van der Waals surface area contributed by atoms with Gasteiger partial charge < -0.3 is 10.3 Å². The SMILES string of the molecule is N#Cc1ccccc1NC(=O)C(=O)c1c[nH]c2cc(F)ccc12. The van der Waals surface area contributed by atoms with Crippen molar-refractivity contribution in [1.82, 2.24) is 4.98 Å². The molecule has 1 heterocycles. The number of Topliss-reactive ketones (excluding diaryl/α,β-unsaturated/α-hetero) is 1. The van der Waals surface area contributed by atoms with Gasteiger partial charge in [-0.25, -0.2) is 4.39 Å². The van der Waals surface area contributed by atoms with Crippen molar-refractivity contribution in [1.29, 1.82) is 5.26 Å².